The van der Waals surface area contributed by atoms with Crippen molar-refractivity contribution in [2.45, 2.75) is 30.1 Å². The zero-order chi connectivity index (χ0) is 15.9. The highest BCUT2D eigenvalue weighted by molar-refractivity contribution is 7.99. The molecular formula is C18H21NO2S. The van der Waals surface area contributed by atoms with Gasteiger partial charge in [0.2, 0.25) is 5.91 Å². The molecule has 2 aromatic carbocycles. The maximum absolute atomic E-state index is 11.6. The number of anilines is 1. The highest BCUT2D eigenvalue weighted by Crippen LogP contribution is 2.31. The van der Waals surface area contributed by atoms with Crippen LogP contribution in [0.15, 0.2) is 52.3 Å². The molecule has 22 heavy (non-hydrogen) atoms. The van der Waals surface area contributed by atoms with Gasteiger partial charge in [0.15, 0.2) is 0 Å². The van der Waals surface area contributed by atoms with E-state index in [0.717, 1.165) is 10.6 Å². The molecule has 0 unspecified atom stereocenters. The molecule has 0 spiro atoms. The quantitative estimate of drug-likeness (QED) is 0.857. The second-order valence-corrected chi connectivity index (χ2v) is 6.30. The fraction of sp³-hybridized carbons (Fsp3) is 0.278. The number of amides is 1. The number of hydrogen-bond donors (Lipinski definition) is 1. The third-order valence-corrected chi connectivity index (χ3v) is 4.42. The first kappa shape index (κ1) is 16.6. The average molecular weight is 315 g/mol. The highest BCUT2D eigenvalue weighted by Gasteiger charge is 2.04. The summed E-state index contributed by atoms with van der Waals surface area (Å²) in [5, 5.41) is 2.86. The molecule has 0 fully saturated rings. The topological polar surface area (TPSA) is 38.3 Å². The minimum Gasteiger partial charge on any atom is -0.384 e. The van der Waals surface area contributed by atoms with Gasteiger partial charge in [0, 0.05) is 22.6 Å². The van der Waals surface area contributed by atoms with E-state index in [-0.39, 0.29) is 5.91 Å². The van der Waals surface area contributed by atoms with Gasteiger partial charge in [0.05, 0.1) is 13.0 Å². The summed E-state index contributed by atoms with van der Waals surface area (Å²) in [6, 6.07) is 14.4. The molecule has 1 N–H and O–H groups in total. The van der Waals surface area contributed by atoms with Gasteiger partial charge in [-0.1, -0.05) is 29.5 Å². The van der Waals surface area contributed by atoms with Crippen LogP contribution in [0.25, 0.3) is 0 Å². The molecule has 0 radical (unpaired) electrons. The monoisotopic (exact) mass is 315 g/mol. The molecule has 0 saturated carbocycles. The fourth-order valence-corrected chi connectivity index (χ4v) is 2.95. The molecule has 4 heteroatoms. The van der Waals surface area contributed by atoms with Crippen molar-refractivity contribution in [3.63, 3.8) is 0 Å². The first-order chi connectivity index (χ1) is 10.6. The van der Waals surface area contributed by atoms with Crippen LogP contribution in [0.1, 0.15) is 17.5 Å². The lowest BCUT2D eigenvalue weighted by Crippen LogP contribution is -2.13. The van der Waals surface area contributed by atoms with Crippen molar-refractivity contribution < 1.29 is 9.53 Å². The number of methoxy groups -OCH3 is 1. The Morgan fingerprint density at radius 2 is 1.86 bits per heavy atom. The molecule has 3 nitrogen and oxygen atoms in total. The predicted octanol–water partition coefficient (Wildman–Crippen LogP) is 4.43. The average Bonchev–Trinajstić information content (AvgIpc) is 2.50. The van der Waals surface area contributed by atoms with Crippen molar-refractivity contribution in [2.24, 2.45) is 0 Å². The second kappa shape index (κ2) is 8.01. The van der Waals surface area contributed by atoms with E-state index in [1.54, 1.807) is 18.9 Å². The highest BCUT2D eigenvalue weighted by atomic mass is 32.2. The lowest BCUT2D eigenvalue weighted by atomic mass is 10.2. The number of hydrogen-bond acceptors (Lipinski definition) is 3. The maximum Gasteiger partial charge on any atom is 0.226 e. The first-order valence-corrected chi connectivity index (χ1v) is 8.04. The number of carbonyl (C=O) groups is 1. The molecule has 0 aromatic heterocycles. The Kier molecular flexibility index (Phi) is 6.04. The van der Waals surface area contributed by atoms with Crippen molar-refractivity contribution in [1.82, 2.24) is 0 Å². The van der Waals surface area contributed by atoms with Crippen LogP contribution in [0.4, 0.5) is 5.69 Å². The lowest BCUT2D eigenvalue weighted by molar-refractivity contribution is -0.117. The second-order valence-electron chi connectivity index (χ2n) is 5.19. The largest absolute Gasteiger partial charge is 0.384 e. The van der Waals surface area contributed by atoms with Crippen LogP contribution in [0.5, 0.6) is 0 Å². The normalized spacial score (nSPS) is 10.5. The van der Waals surface area contributed by atoms with Gasteiger partial charge in [-0.2, -0.15) is 0 Å². The summed E-state index contributed by atoms with van der Waals surface area (Å²) in [7, 11) is 1.59. The van der Waals surface area contributed by atoms with E-state index >= 15 is 0 Å². The van der Waals surface area contributed by atoms with Gasteiger partial charge in [-0.05, 0) is 49.7 Å². The number of carbonyl (C=O) groups excluding carboxylic acids is 1. The fourth-order valence-electron chi connectivity index (χ4n) is 2.07. The number of nitrogens with one attached hydrogen (secondary N) is 1. The molecule has 0 aliphatic heterocycles. The number of rotatable bonds is 6. The summed E-state index contributed by atoms with van der Waals surface area (Å²) in [5.74, 6) is -0.0309. The molecule has 0 bridgehead atoms. The molecule has 0 aliphatic carbocycles. The zero-order valence-electron chi connectivity index (χ0n) is 13.2. The smallest absolute Gasteiger partial charge is 0.226 e. The van der Waals surface area contributed by atoms with Crippen LogP contribution in [0.3, 0.4) is 0 Å². The van der Waals surface area contributed by atoms with Crippen LogP contribution >= 0.6 is 11.8 Å². The minimum absolute atomic E-state index is 0.0309. The zero-order valence-corrected chi connectivity index (χ0v) is 14.0. The summed E-state index contributed by atoms with van der Waals surface area (Å²) in [5.41, 5.74) is 3.36. The van der Waals surface area contributed by atoms with Crippen molar-refractivity contribution >= 4 is 23.4 Å². The van der Waals surface area contributed by atoms with E-state index in [9.17, 15) is 4.79 Å². The van der Waals surface area contributed by atoms with E-state index in [0.29, 0.717) is 13.0 Å². The number of benzene rings is 2. The molecule has 2 rings (SSSR count). The van der Waals surface area contributed by atoms with E-state index in [4.69, 9.17) is 4.74 Å². The van der Waals surface area contributed by atoms with E-state index in [2.05, 4.69) is 37.4 Å². The Bertz CT molecular complexity index is 638. The van der Waals surface area contributed by atoms with Crippen LogP contribution in [-0.2, 0) is 9.53 Å². The third kappa shape index (κ3) is 4.90. The van der Waals surface area contributed by atoms with Crippen LogP contribution in [-0.4, -0.2) is 19.6 Å². The van der Waals surface area contributed by atoms with Crippen LogP contribution < -0.4 is 5.32 Å². The molecule has 0 saturated heterocycles. The third-order valence-electron chi connectivity index (χ3n) is 3.23. The summed E-state index contributed by atoms with van der Waals surface area (Å²) < 4.78 is 4.89. The van der Waals surface area contributed by atoms with E-state index in [1.165, 1.54) is 16.0 Å². The summed E-state index contributed by atoms with van der Waals surface area (Å²) in [6.07, 6.45) is 0.371. The van der Waals surface area contributed by atoms with Crippen LogP contribution in [0.2, 0.25) is 0 Å². The van der Waals surface area contributed by atoms with Crippen molar-refractivity contribution in [2.75, 3.05) is 19.0 Å². The minimum atomic E-state index is -0.0309. The van der Waals surface area contributed by atoms with E-state index in [1.807, 2.05) is 24.3 Å². The summed E-state index contributed by atoms with van der Waals surface area (Å²) >= 11 is 1.73. The summed E-state index contributed by atoms with van der Waals surface area (Å²) in [6.45, 7) is 4.66. The number of ether oxygens (including phenoxy) is 1. The van der Waals surface area contributed by atoms with E-state index < -0.39 is 0 Å². The molecule has 0 aliphatic rings. The molecular weight excluding hydrogens is 294 g/mol. The molecule has 0 atom stereocenters. The van der Waals surface area contributed by atoms with Crippen molar-refractivity contribution in [1.29, 1.82) is 0 Å². The Labute approximate surface area is 136 Å². The Morgan fingerprint density at radius 3 is 2.50 bits per heavy atom. The van der Waals surface area contributed by atoms with Gasteiger partial charge in [0.1, 0.15) is 0 Å². The van der Waals surface area contributed by atoms with Gasteiger partial charge in [-0.15, -0.1) is 0 Å². The van der Waals surface area contributed by atoms with Crippen molar-refractivity contribution in [3.05, 3.63) is 53.6 Å². The summed E-state index contributed by atoms with van der Waals surface area (Å²) in [4.78, 5) is 14.0. The van der Waals surface area contributed by atoms with Gasteiger partial charge in [-0.3, -0.25) is 4.79 Å². The van der Waals surface area contributed by atoms with Crippen LogP contribution in [0, 0.1) is 13.8 Å². The van der Waals surface area contributed by atoms with Crippen molar-refractivity contribution in [3.8, 4) is 0 Å². The Balaban J connectivity index is 1.98. The Morgan fingerprint density at radius 1 is 1.14 bits per heavy atom. The predicted molar refractivity (Wildman–Crippen MR) is 91.6 cm³/mol. The molecule has 0 heterocycles. The van der Waals surface area contributed by atoms with Gasteiger partial charge < -0.3 is 10.1 Å². The SMILES string of the molecule is COCCC(=O)Nc1ccc(Sc2ccc(C)cc2C)cc1. The van der Waals surface area contributed by atoms with Gasteiger partial charge >= 0.3 is 0 Å². The first-order valence-electron chi connectivity index (χ1n) is 7.22. The number of aryl methyl sites for hydroxylation is 2. The molecule has 2 aromatic rings. The van der Waals surface area contributed by atoms with Gasteiger partial charge in [-0.25, -0.2) is 0 Å². The standard InChI is InChI=1S/C18H21NO2S/c1-13-4-9-17(14(2)12-13)22-16-7-5-15(6-8-16)19-18(20)10-11-21-3/h4-9,12H,10-11H2,1-3H3,(H,19,20). The maximum atomic E-state index is 11.6. The molecule has 1 amide bonds. The lowest BCUT2D eigenvalue weighted by Gasteiger charge is -2.08. The Hall–Kier alpha value is -1.78. The molecule has 116 valence electrons. The van der Waals surface area contributed by atoms with Gasteiger partial charge in [0.25, 0.3) is 0 Å².